The van der Waals surface area contributed by atoms with E-state index in [0.717, 1.165) is 12.1 Å². The molecule has 1 saturated heterocycles. The van der Waals surface area contributed by atoms with Gasteiger partial charge in [-0.15, -0.1) is 11.6 Å². The van der Waals surface area contributed by atoms with Crippen LogP contribution in [0.2, 0.25) is 10.0 Å². The molecule has 0 spiro atoms. The third kappa shape index (κ3) is 4.94. The van der Waals surface area contributed by atoms with E-state index >= 15 is 0 Å². The molecule has 1 heterocycles. The van der Waals surface area contributed by atoms with Crippen LogP contribution in [0.25, 0.3) is 0 Å². The molecule has 1 fully saturated rings. The van der Waals surface area contributed by atoms with Crippen LogP contribution >= 0.6 is 34.8 Å². The van der Waals surface area contributed by atoms with Crippen LogP contribution in [0.15, 0.2) is 42.5 Å². The predicted octanol–water partition coefficient (Wildman–Crippen LogP) is 4.91. The first kappa shape index (κ1) is 22.5. The largest absolute Gasteiger partial charge is 0.454 e. The third-order valence-corrected chi connectivity index (χ3v) is 5.76. The number of amides is 1. The summed E-state index contributed by atoms with van der Waals surface area (Å²) in [6.07, 6.45) is -1.12. The summed E-state index contributed by atoms with van der Waals surface area (Å²) in [6.45, 7) is 0.0516. The molecule has 1 amide bonds. The number of nitrogens with zero attached hydrogens (tertiary/aromatic N) is 1. The molecule has 3 rings (SSSR count). The Morgan fingerprint density at radius 1 is 1.17 bits per heavy atom. The van der Waals surface area contributed by atoms with Crippen LogP contribution in [0.1, 0.15) is 23.2 Å². The van der Waals surface area contributed by atoms with Crippen molar-refractivity contribution in [2.24, 2.45) is 5.92 Å². The monoisotopic (exact) mass is 471 g/mol. The highest BCUT2D eigenvalue weighted by molar-refractivity contribution is 6.44. The number of carbonyl (C=O) groups excluding carboxylic acids is 3. The molecule has 0 N–H and O–H groups in total. The van der Waals surface area contributed by atoms with Crippen molar-refractivity contribution in [2.45, 2.75) is 18.9 Å². The molecular weight excluding hydrogens is 456 g/mol. The van der Waals surface area contributed by atoms with Gasteiger partial charge in [0.05, 0.1) is 21.7 Å². The number of rotatable bonds is 7. The maximum absolute atomic E-state index is 13.1. The average Bonchev–Trinajstić information content (AvgIpc) is 3.11. The van der Waals surface area contributed by atoms with E-state index in [1.807, 2.05) is 0 Å². The fourth-order valence-corrected chi connectivity index (χ4v) is 3.77. The summed E-state index contributed by atoms with van der Waals surface area (Å²) in [5.74, 6) is -2.65. The van der Waals surface area contributed by atoms with Crippen molar-refractivity contribution in [3.63, 3.8) is 0 Å². The quantitative estimate of drug-likeness (QED) is 0.326. The van der Waals surface area contributed by atoms with Gasteiger partial charge in [-0.3, -0.25) is 14.4 Å². The zero-order chi connectivity index (χ0) is 21.8. The molecule has 0 bridgehead atoms. The van der Waals surface area contributed by atoms with Gasteiger partial charge in [-0.2, -0.15) is 0 Å². The Morgan fingerprint density at radius 3 is 2.53 bits per heavy atom. The summed E-state index contributed by atoms with van der Waals surface area (Å²) in [7, 11) is 0. The van der Waals surface area contributed by atoms with E-state index in [2.05, 4.69) is 0 Å². The molecular formula is C21H17Cl3FNO4. The fourth-order valence-electron chi connectivity index (χ4n) is 3.18. The molecule has 5 nitrogen and oxygen atoms in total. The summed E-state index contributed by atoms with van der Waals surface area (Å²) < 4.78 is 18.5. The molecule has 0 aliphatic carbocycles. The number of carbonyl (C=O) groups is 3. The second kappa shape index (κ2) is 9.77. The van der Waals surface area contributed by atoms with Crippen molar-refractivity contribution in [3.05, 3.63) is 63.9 Å². The number of anilines is 1. The van der Waals surface area contributed by atoms with Crippen LogP contribution in [0.4, 0.5) is 10.1 Å². The van der Waals surface area contributed by atoms with Gasteiger partial charge in [0.25, 0.3) is 0 Å². The number of benzene rings is 2. The number of Topliss-reactive ketones (excluding diaryl/α,β-unsaturated/α-hetero) is 1. The topological polar surface area (TPSA) is 63.7 Å². The second-order valence-electron chi connectivity index (χ2n) is 6.75. The molecule has 1 aliphatic rings. The minimum atomic E-state index is -1.13. The lowest BCUT2D eigenvalue weighted by atomic mass is 10.0. The summed E-state index contributed by atoms with van der Waals surface area (Å²) in [5, 5.41) is 0.508. The van der Waals surface area contributed by atoms with Crippen molar-refractivity contribution >= 4 is 58.1 Å². The Hall–Kier alpha value is -2.15. The van der Waals surface area contributed by atoms with E-state index in [9.17, 15) is 18.8 Å². The number of ketones is 1. The van der Waals surface area contributed by atoms with Crippen LogP contribution in [-0.2, 0) is 14.3 Å². The van der Waals surface area contributed by atoms with E-state index in [0.29, 0.717) is 10.7 Å². The first-order chi connectivity index (χ1) is 14.3. The number of hydrogen-bond acceptors (Lipinski definition) is 4. The van der Waals surface area contributed by atoms with E-state index < -0.39 is 29.6 Å². The highest BCUT2D eigenvalue weighted by Crippen LogP contribution is 2.36. The lowest BCUT2D eigenvalue weighted by Gasteiger charge is -2.20. The number of halogens is 4. The number of hydrogen-bond donors (Lipinski definition) is 0. The van der Waals surface area contributed by atoms with Crippen LogP contribution in [-0.4, -0.2) is 36.2 Å². The highest BCUT2D eigenvalue weighted by atomic mass is 35.5. The Morgan fingerprint density at radius 2 is 1.87 bits per heavy atom. The zero-order valence-electron chi connectivity index (χ0n) is 15.6. The van der Waals surface area contributed by atoms with Gasteiger partial charge in [0, 0.05) is 30.8 Å². The van der Waals surface area contributed by atoms with Gasteiger partial charge in [-0.25, -0.2) is 4.39 Å². The Balaban J connectivity index is 1.72. The minimum absolute atomic E-state index is 0.0516. The third-order valence-electron chi connectivity index (χ3n) is 4.73. The van der Waals surface area contributed by atoms with E-state index in [4.69, 9.17) is 39.5 Å². The normalized spacial score (nSPS) is 17.1. The molecule has 0 unspecified atom stereocenters. The predicted molar refractivity (Wildman–Crippen MR) is 113 cm³/mol. The zero-order valence-corrected chi connectivity index (χ0v) is 17.9. The second-order valence-corrected chi connectivity index (χ2v) is 7.92. The fraction of sp³-hybridized carbons (Fsp3) is 0.286. The summed E-state index contributed by atoms with van der Waals surface area (Å²) in [6, 6.07) is 9.81. The van der Waals surface area contributed by atoms with Crippen LogP contribution in [0.3, 0.4) is 0 Å². The van der Waals surface area contributed by atoms with Gasteiger partial charge >= 0.3 is 5.97 Å². The van der Waals surface area contributed by atoms with Crippen LogP contribution in [0, 0.1) is 11.7 Å². The standard InChI is InChI=1S/C21H17Cl3FNO4/c22-9-8-17(20(28)12-4-6-14(25)7-5-12)30-21(29)13-10-18(27)26(11-13)16-3-1-2-15(23)19(16)24/h1-7,13,17H,8-11H2/t13-,17+/m0/s1. The molecule has 0 radical (unpaired) electrons. The van der Waals surface area contributed by atoms with E-state index in [1.165, 1.54) is 17.0 Å². The molecule has 158 valence electrons. The lowest BCUT2D eigenvalue weighted by molar-refractivity contribution is -0.151. The molecule has 2 atom stereocenters. The smallest absolute Gasteiger partial charge is 0.312 e. The van der Waals surface area contributed by atoms with Crippen molar-refractivity contribution < 1.29 is 23.5 Å². The maximum atomic E-state index is 13.1. The Bertz CT molecular complexity index is 967. The SMILES string of the molecule is O=C(O[C@H](CCCl)C(=O)c1ccc(F)cc1)[C@H]1CC(=O)N(c2cccc(Cl)c2Cl)C1. The van der Waals surface area contributed by atoms with Gasteiger partial charge in [0.15, 0.2) is 6.10 Å². The Kier molecular flexibility index (Phi) is 7.34. The molecule has 2 aromatic rings. The van der Waals surface area contributed by atoms with Crippen molar-refractivity contribution in [1.82, 2.24) is 0 Å². The molecule has 0 saturated carbocycles. The van der Waals surface area contributed by atoms with E-state index in [1.54, 1.807) is 18.2 Å². The van der Waals surface area contributed by atoms with Crippen molar-refractivity contribution in [2.75, 3.05) is 17.3 Å². The first-order valence-corrected chi connectivity index (χ1v) is 10.4. The Labute approximate surface area is 187 Å². The summed E-state index contributed by atoms with van der Waals surface area (Å²) in [4.78, 5) is 39.2. The molecule has 30 heavy (non-hydrogen) atoms. The van der Waals surface area contributed by atoms with Crippen LogP contribution < -0.4 is 4.90 Å². The van der Waals surface area contributed by atoms with Crippen LogP contribution in [0.5, 0.6) is 0 Å². The lowest BCUT2D eigenvalue weighted by Crippen LogP contribution is -2.32. The molecule has 9 heteroatoms. The minimum Gasteiger partial charge on any atom is -0.454 e. The highest BCUT2D eigenvalue weighted by Gasteiger charge is 2.38. The van der Waals surface area contributed by atoms with Crippen molar-refractivity contribution in [3.8, 4) is 0 Å². The van der Waals surface area contributed by atoms with Gasteiger partial charge in [-0.05, 0) is 36.4 Å². The van der Waals surface area contributed by atoms with Gasteiger partial charge in [0.2, 0.25) is 11.7 Å². The summed E-state index contributed by atoms with van der Waals surface area (Å²) >= 11 is 18.0. The van der Waals surface area contributed by atoms with Gasteiger partial charge in [-0.1, -0.05) is 29.3 Å². The molecule has 2 aromatic carbocycles. The van der Waals surface area contributed by atoms with E-state index in [-0.39, 0.29) is 41.8 Å². The van der Waals surface area contributed by atoms with Crippen molar-refractivity contribution in [1.29, 1.82) is 0 Å². The van der Waals surface area contributed by atoms with Gasteiger partial charge in [0.1, 0.15) is 5.82 Å². The first-order valence-electron chi connectivity index (χ1n) is 9.12. The average molecular weight is 473 g/mol. The molecule has 1 aliphatic heterocycles. The summed E-state index contributed by atoms with van der Waals surface area (Å²) in [5.41, 5.74) is 0.610. The molecule has 0 aromatic heterocycles. The van der Waals surface area contributed by atoms with Gasteiger partial charge < -0.3 is 9.64 Å². The number of ether oxygens (including phenoxy) is 1. The maximum Gasteiger partial charge on any atom is 0.312 e. The number of alkyl halides is 1. The number of esters is 1.